The van der Waals surface area contributed by atoms with E-state index < -0.39 is 0 Å². The zero-order valence-electron chi connectivity index (χ0n) is 15.3. The van der Waals surface area contributed by atoms with E-state index >= 15 is 0 Å². The van der Waals surface area contributed by atoms with Crippen molar-refractivity contribution in [1.29, 1.82) is 0 Å². The lowest BCUT2D eigenvalue weighted by Gasteiger charge is -2.18. The van der Waals surface area contributed by atoms with E-state index in [0.717, 1.165) is 41.3 Å². The Balaban J connectivity index is 1.62. The highest BCUT2D eigenvalue weighted by atomic mass is 15.2. The van der Waals surface area contributed by atoms with Gasteiger partial charge in [-0.05, 0) is 62.1 Å². The summed E-state index contributed by atoms with van der Waals surface area (Å²) in [5.41, 5.74) is 7.99. The fraction of sp³-hybridized carbons (Fsp3) is 0.286. The first-order valence-electron chi connectivity index (χ1n) is 9.09. The molecule has 4 aromatic rings. The van der Waals surface area contributed by atoms with Crippen molar-refractivity contribution in [3.05, 3.63) is 64.9 Å². The Morgan fingerprint density at radius 3 is 2.85 bits per heavy atom. The van der Waals surface area contributed by atoms with Gasteiger partial charge >= 0.3 is 0 Å². The van der Waals surface area contributed by atoms with Crippen LogP contribution in [-0.2, 0) is 6.54 Å². The van der Waals surface area contributed by atoms with Gasteiger partial charge in [0.2, 0.25) is 0 Å². The smallest absolute Gasteiger partial charge is 0.161 e. The van der Waals surface area contributed by atoms with Gasteiger partial charge in [-0.25, -0.2) is 0 Å². The molecule has 4 heterocycles. The van der Waals surface area contributed by atoms with Crippen LogP contribution in [0.3, 0.4) is 0 Å². The minimum atomic E-state index is 0.552. The summed E-state index contributed by atoms with van der Waals surface area (Å²) in [6.45, 7) is 7.16. The summed E-state index contributed by atoms with van der Waals surface area (Å²) >= 11 is 0. The molecule has 5 nitrogen and oxygen atoms in total. The van der Waals surface area contributed by atoms with E-state index in [2.05, 4.69) is 69.4 Å². The second-order valence-electron chi connectivity index (χ2n) is 7.23. The third-order valence-electron chi connectivity index (χ3n) is 5.44. The molecule has 0 radical (unpaired) electrons. The maximum Gasteiger partial charge on any atom is 0.161 e. The molecule has 1 aliphatic rings. The number of rotatable bonds is 2. The van der Waals surface area contributed by atoms with Crippen molar-refractivity contribution < 1.29 is 0 Å². The Morgan fingerprint density at radius 2 is 1.96 bits per heavy atom. The molecule has 0 aliphatic heterocycles. The van der Waals surface area contributed by atoms with Crippen LogP contribution in [-0.4, -0.2) is 24.1 Å². The second kappa shape index (κ2) is 5.53. The summed E-state index contributed by atoms with van der Waals surface area (Å²) in [5.74, 6) is 1.46. The van der Waals surface area contributed by atoms with Gasteiger partial charge < -0.3 is 4.57 Å². The number of nitrogens with zero attached hydrogens (tertiary/aromatic N) is 5. The van der Waals surface area contributed by atoms with Gasteiger partial charge in [-0.15, -0.1) is 10.2 Å². The minimum Gasteiger partial charge on any atom is -0.338 e. The highest BCUT2D eigenvalue weighted by Gasteiger charge is 2.16. The number of pyridine rings is 2. The first-order chi connectivity index (χ1) is 12.6. The molecule has 26 heavy (non-hydrogen) atoms. The molecule has 0 N–H and O–H groups in total. The maximum absolute atomic E-state index is 4.92. The fourth-order valence-electron chi connectivity index (χ4n) is 4.02. The molecule has 0 spiro atoms. The van der Waals surface area contributed by atoms with E-state index in [0.29, 0.717) is 5.92 Å². The lowest BCUT2D eigenvalue weighted by atomic mass is 9.91. The fourth-order valence-corrected chi connectivity index (χ4v) is 4.02. The normalized spacial score (nSPS) is 16.5. The molecule has 0 bridgehead atoms. The predicted molar refractivity (Wildman–Crippen MR) is 103 cm³/mol. The number of allylic oxidation sites excluding steroid dienone is 1. The molecule has 1 atom stereocenters. The van der Waals surface area contributed by atoms with E-state index in [1.165, 1.54) is 16.8 Å². The summed E-state index contributed by atoms with van der Waals surface area (Å²) < 4.78 is 4.43. The largest absolute Gasteiger partial charge is 0.338 e. The SMILES string of the molecule is Cc1cc2c(ccc3nnc(C)n32)n1Cc1ccc2c(n1)C=CCC2C. The summed E-state index contributed by atoms with van der Waals surface area (Å²) in [5, 5.41) is 8.44. The Bertz CT molecular complexity index is 1180. The molecule has 0 saturated carbocycles. The van der Waals surface area contributed by atoms with Gasteiger partial charge in [-0.2, -0.15) is 0 Å². The summed E-state index contributed by atoms with van der Waals surface area (Å²) in [4.78, 5) is 4.92. The van der Waals surface area contributed by atoms with Gasteiger partial charge in [0.05, 0.1) is 29.0 Å². The van der Waals surface area contributed by atoms with Gasteiger partial charge in [-0.3, -0.25) is 9.38 Å². The molecular formula is C21H21N5. The minimum absolute atomic E-state index is 0.552. The molecule has 4 aromatic heterocycles. The molecule has 0 saturated heterocycles. The Kier molecular flexibility index (Phi) is 3.26. The van der Waals surface area contributed by atoms with Crippen molar-refractivity contribution in [1.82, 2.24) is 24.1 Å². The summed E-state index contributed by atoms with van der Waals surface area (Å²) in [6.07, 6.45) is 5.48. The van der Waals surface area contributed by atoms with Gasteiger partial charge in [0.1, 0.15) is 5.82 Å². The van der Waals surface area contributed by atoms with E-state index in [4.69, 9.17) is 4.98 Å². The lowest BCUT2D eigenvalue weighted by Crippen LogP contribution is -2.08. The van der Waals surface area contributed by atoms with Gasteiger partial charge in [0.15, 0.2) is 5.65 Å². The number of fused-ring (bicyclic) bond motifs is 4. The van der Waals surface area contributed by atoms with Crippen LogP contribution in [0.2, 0.25) is 0 Å². The van der Waals surface area contributed by atoms with Crippen molar-refractivity contribution in [3.63, 3.8) is 0 Å². The van der Waals surface area contributed by atoms with Crippen LogP contribution in [0, 0.1) is 13.8 Å². The van der Waals surface area contributed by atoms with E-state index in [9.17, 15) is 0 Å². The van der Waals surface area contributed by atoms with Crippen LogP contribution in [0.15, 0.2) is 36.4 Å². The van der Waals surface area contributed by atoms with Crippen LogP contribution in [0.4, 0.5) is 0 Å². The van der Waals surface area contributed by atoms with Crippen molar-refractivity contribution in [2.75, 3.05) is 0 Å². The molecule has 0 amide bonds. The first kappa shape index (κ1) is 15.3. The summed E-state index contributed by atoms with van der Waals surface area (Å²) in [7, 11) is 0. The van der Waals surface area contributed by atoms with E-state index in [1.807, 2.05) is 13.0 Å². The molecular weight excluding hydrogens is 322 g/mol. The Morgan fingerprint density at radius 1 is 1.08 bits per heavy atom. The Hall–Kier alpha value is -2.95. The van der Waals surface area contributed by atoms with Crippen LogP contribution in [0.25, 0.3) is 22.8 Å². The number of hydrogen-bond acceptors (Lipinski definition) is 3. The van der Waals surface area contributed by atoms with Gasteiger partial charge in [-0.1, -0.05) is 19.1 Å². The monoisotopic (exact) mass is 343 g/mol. The summed E-state index contributed by atoms with van der Waals surface area (Å²) in [6, 6.07) is 10.8. The van der Waals surface area contributed by atoms with Crippen molar-refractivity contribution in [2.45, 2.75) is 39.7 Å². The van der Waals surface area contributed by atoms with Crippen LogP contribution >= 0.6 is 0 Å². The number of hydrogen-bond donors (Lipinski definition) is 0. The first-order valence-corrected chi connectivity index (χ1v) is 9.09. The zero-order valence-corrected chi connectivity index (χ0v) is 15.3. The quantitative estimate of drug-likeness (QED) is 0.546. The predicted octanol–water partition coefficient (Wildman–Crippen LogP) is 4.26. The molecule has 1 unspecified atom stereocenters. The van der Waals surface area contributed by atoms with Gasteiger partial charge in [0, 0.05) is 5.69 Å². The third-order valence-corrected chi connectivity index (χ3v) is 5.44. The highest BCUT2D eigenvalue weighted by molar-refractivity contribution is 5.81. The van der Waals surface area contributed by atoms with E-state index in [-0.39, 0.29) is 0 Å². The zero-order chi connectivity index (χ0) is 17.8. The molecule has 5 heteroatoms. The number of aromatic nitrogens is 5. The molecule has 130 valence electrons. The molecule has 5 rings (SSSR count). The van der Waals surface area contributed by atoms with Crippen LogP contribution < -0.4 is 0 Å². The highest BCUT2D eigenvalue weighted by Crippen LogP contribution is 2.29. The van der Waals surface area contributed by atoms with Crippen molar-refractivity contribution >= 4 is 22.8 Å². The average Bonchev–Trinajstić information content (AvgIpc) is 3.16. The van der Waals surface area contributed by atoms with Crippen LogP contribution in [0.1, 0.15) is 47.7 Å². The molecule has 1 aliphatic carbocycles. The molecule has 0 fully saturated rings. The average molecular weight is 343 g/mol. The standard InChI is InChI=1S/C21H21N5/c1-13-5-4-6-18-17(13)8-7-16(22-18)12-25-14(2)11-20-19(25)9-10-21-24-23-15(3)26(20)21/h4,6-11,13H,5,12H2,1-3H3. The van der Waals surface area contributed by atoms with Crippen LogP contribution in [0.5, 0.6) is 0 Å². The topological polar surface area (TPSA) is 48.0 Å². The maximum atomic E-state index is 4.92. The van der Waals surface area contributed by atoms with Gasteiger partial charge in [0.25, 0.3) is 0 Å². The second-order valence-corrected chi connectivity index (χ2v) is 7.23. The number of aryl methyl sites for hydroxylation is 2. The lowest BCUT2D eigenvalue weighted by molar-refractivity contribution is 0.743. The Labute approximate surface area is 152 Å². The van der Waals surface area contributed by atoms with Crippen molar-refractivity contribution in [3.8, 4) is 0 Å². The van der Waals surface area contributed by atoms with Crippen molar-refractivity contribution in [2.24, 2.45) is 0 Å². The molecule has 0 aromatic carbocycles. The third kappa shape index (κ3) is 2.20. The van der Waals surface area contributed by atoms with E-state index in [1.54, 1.807) is 0 Å².